The molecule has 0 saturated carbocycles. The Balaban J connectivity index is 1.75. The van der Waals surface area contributed by atoms with Crippen LogP contribution in [0.2, 0.25) is 0 Å². The van der Waals surface area contributed by atoms with E-state index in [2.05, 4.69) is 32.9 Å². The van der Waals surface area contributed by atoms with Crippen LogP contribution in [0.5, 0.6) is 5.75 Å². The first-order valence-electron chi connectivity index (χ1n) is 7.49. The molecule has 2 N–H and O–H groups in total. The number of hydrogen-bond acceptors (Lipinski definition) is 5. The highest BCUT2D eigenvalue weighted by atomic mass is 127. The van der Waals surface area contributed by atoms with E-state index in [4.69, 9.17) is 9.84 Å². The lowest BCUT2D eigenvalue weighted by atomic mass is 10.2. The van der Waals surface area contributed by atoms with E-state index < -0.39 is 12.6 Å². The number of carbonyl (C=O) groups excluding carboxylic acids is 1. The minimum atomic E-state index is -1.05. The summed E-state index contributed by atoms with van der Waals surface area (Å²) in [4.78, 5) is 27.6. The number of amides is 1. The van der Waals surface area contributed by atoms with Crippen LogP contribution in [0.25, 0.3) is 6.08 Å². The number of aliphatic carboxylic acids is 1. The summed E-state index contributed by atoms with van der Waals surface area (Å²) in [5.41, 5.74) is 1.50. The Labute approximate surface area is 167 Å². The van der Waals surface area contributed by atoms with Gasteiger partial charge in [-0.15, -0.1) is 0 Å². The van der Waals surface area contributed by atoms with E-state index in [-0.39, 0.29) is 5.91 Å². The summed E-state index contributed by atoms with van der Waals surface area (Å²) in [7, 11) is 0. The normalized spacial score (nSPS) is 16.7. The van der Waals surface area contributed by atoms with Crippen molar-refractivity contribution in [2.75, 3.05) is 6.61 Å². The fourth-order valence-electron chi connectivity index (χ4n) is 2.10. The monoisotopic (exact) mass is 480 g/mol. The van der Waals surface area contributed by atoms with Crippen molar-refractivity contribution >= 4 is 63.2 Å². The molecule has 1 heterocycles. The number of amidine groups is 1. The molecule has 0 aliphatic carbocycles. The van der Waals surface area contributed by atoms with Gasteiger partial charge in [0.1, 0.15) is 5.75 Å². The lowest BCUT2D eigenvalue weighted by Gasteiger charge is -2.03. The predicted octanol–water partition coefficient (Wildman–Crippen LogP) is 3.65. The fourth-order valence-corrected chi connectivity index (χ4v) is 3.31. The van der Waals surface area contributed by atoms with Gasteiger partial charge in [-0.3, -0.25) is 4.79 Å². The summed E-state index contributed by atoms with van der Waals surface area (Å²) in [6, 6.07) is 14.5. The van der Waals surface area contributed by atoms with Crippen LogP contribution in [-0.2, 0) is 9.59 Å². The third kappa shape index (κ3) is 5.09. The zero-order chi connectivity index (χ0) is 18.5. The molecule has 0 unspecified atom stereocenters. The van der Waals surface area contributed by atoms with Crippen molar-refractivity contribution in [1.29, 1.82) is 0 Å². The van der Waals surface area contributed by atoms with E-state index in [1.807, 2.05) is 30.3 Å². The molecule has 0 atom stereocenters. The lowest BCUT2D eigenvalue weighted by molar-refractivity contribution is -0.139. The Morgan fingerprint density at radius 2 is 2.04 bits per heavy atom. The Hall–Kier alpha value is -2.33. The molecular weight excluding hydrogens is 467 g/mol. The topological polar surface area (TPSA) is 88.0 Å². The second kappa shape index (κ2) is 8.37. The van der Waals surface area contributed by atoms with Gasteiger partial charge in [-0.1, -0.05) is 12.1 Å². The van der Waals surface area contributed by atoms with Crippen molar-refractivity contribution in [2.45, 2.75) is 0 Å². The maximum Gasteiger partial charge on any atom is 0.341 e. The molecule has 8 heteroatoms. The molecule has 0 radical (unpaired) electrons. The summed E-state index contributed by atoms with van der Waals surface area (Å²) in [5, 5.41) is 11.9. The standard InChI is InChI=1S/C18H13IN2O4S/c19-12-4-6-13(7-5-12)20-18-21-17(24)15(26-18)9-11-2-1-3-14(8-11)25-10-16(22)23/h1-9H,10H2,(H,22,23)(H,20,21,24)/b15-9+. The quantitative estimate of drug-likeness (QED) is 0.504. The number of ether oxygens (including phenoxy) is 1. The number of aliphatic imine (C=N–C) groups is 1. The number of carboxylic acids is 1. The maximum absolute atomic E-state index is 12.1. The van der Waals surface area contributed by atoms with Crippen molar-refractivity contribution in [3.05, 3.63) is 62.6 Å². The van der Waals surface area contributed by atoms with Gasteiger partial charge in [0.15, 0.2) is 11.8 Å². The number of halogens is 1. The molecule has 132 valence electrons. The first-order valence-corrected chi connectivity index (χ1v) is 9.39. The molecular formula is C18H13IN2O4S. The third-order valence-electron chi connectivity index (χ3n) is 3.23. The number of thioether (sulfide) groups is 1. The van der Waals surface area contributed by atoms with Gasteiger partial charge in [-0.25, -0.2) is 9.79 Å². The molecule has 1 amide bonds. The van der Waals surface area contributed by atoms with E-state index >= 15 is 0 Å². The highest BCUT2D eigenvalue weighted by Gasteiger charge is 2.23. The smallest absolute Gasteiger partial charge is 0.341 e. The number of benzene rings is 2. The van der Waals surface area contributed by atoms with Gasteiger partial charge < -0.3 is 15.2 Å². The van der Waals surface area contributed by atoms with E-state index in [9.17, 15) is 9.59 Å². The van der Waals surface area contributed by atoms with Gasteiger partial charge in [-0.2, -0.15) is 0 Å². The number of carbonyl (C=O) groups is 2. The number of hydrogen-bond donors (Lipinski definition) is 2. The van der Waals surface area contributed by atoms with Crippen molar-refractivity contribution in [2.24, 2.45) is 4.99 Å². The van der Waals surface area contributed by atoms with E-state index in [1.54, 1.807) is 24.3 Å². The van der Waals surface area contributed by atoms with Crippen LogP contribution in [0.3, 0.4) is 0 Å². The number of nitrogens with zero attached hydrogens (tertiary/aromatic N) is 1. The molecule has 0 bridgehead atoms. The van der Waals surface area contributed by atoms with Crippen molar-refractivity contribution in [1.82, 2.24) is 5.32 Å². The minimum Gasteiger partial charge on any atom is -0.482 e. The first-order chi connectivity index (χ1) is 12.5. The van der Waals surface area contributed by atoms with E-state index in [0.717, 1.165) is 14.8 Å². The molecule has 1 saturated heterocycles. The highest BCUT2D eigenvalue weighted by Crippen LogP contribution is 2.29. The molecule has 0 aromatic heterocycles. The molecule has 1 fully saturated rings. The van der Waals surface area contributed by atoms with E-state index in [1.165, 1.54) is 11.8 Å². The van der Waals surface area contributed by atoms with Crippen LogP contribution >= 0.6 is 34.4 Å². The molecule has 2 aromatic carbocycles. The van der Waals surface area contributed by atoms with Gasteiger partial charge in [0, 0.05) is 3.57 Å². The number of carboxylic acid groups (broad SMARTS) is 1. The number of rotatable bonds is 5. The zero-order valence-corrected chi connectivity index (χ0v) is 16.3. The molecule has 0 spiro atoms. The average Bonchev–Trinajstić information content (AvgIpc) is 2.95. The maximum atomic E-state index is 12.1. The number of nitrogens with one attached hydrogen (secondary N) is 1. The molecule has 26 heavy (non-hydrogen) atoms. The minimum absolute atomic E-state index is 0.226. The van der Waals surface area contributed by atoms with E-state index in [0.29, 0.717) is 15.8 Å². The Bertz CT molecular complexity index is 910. The summed E-state index contributed by atoms with van der Waals surface area (Å²) < 4.78 is 6.26. The second-order valence-electron chi connectivity index (χ2n) is 5.21. The van der Waals surface area contributed by atoms with Gasteiger partial charge in [0.25, 0.3) is 5.91 Å². The second-order valence-corrected chi connectivity index (χ2v) is 7.49. The largest absolute Gasteiger partial charge is 0.482 e. The van der Waals surface area contributed by atoms with Crippen LogP contribution in [0.4, 0.5) is 5.69 Å². The summed E-state index contributed by atoms with van der Waals surface area (Å²) in [5.74, 6) is -0.843. The van der Waals surface area contributed by atoms with Crippen LogP contribution in [0, 0.1) is 3.57 Å². The van der Waals surface area contributed by atoms with Crippen LogP contribution < -0.4 is 10.1 Å². The van der Waals surface area contributed by atoms with Crippen molar-refractivity contribution in [3.8, 4) is 5.75 Å². The zero-order valence-electron chi connectivity index (χ0n) is 13.3. The molecule has 1 aliphatic rings. The highest BCUT2D eigenvalue weighted by molar-refractivity contribution is 14.1. The molecule has 2 aromatic rings. The third-order valence-corrected chi connectivity index (χ3v) is 4.86. The van der Waals surface area contributed by atoms with Crippen LogP contribution in [0.1, 0.15) is 5.56 Å². The average molecular weight is 480 g/mol. The predicted molar refractivity (Wildman–Crippen MR) is 110 cm³/mol. The summed E-state index contributed by atoms with van der Waals surface area (Å²) in [6.07, 6.45) is 1.71. The first kappa shape index (κ1) is 18.5. The molecule has 6 nitrogen and oxygen atoms in total. The molecule has 1 aliphatic heterocycles. The van der Waals surface area contributed by atoms with Gasteiger partial charge in [-0.05, 0) is 82.4 Å². The summed E-state index contributed by atoms with van der Waals surface area (Å²) >= 11 is 3.47. The van der Waals surface area contributed by atoms with Crippen LogP contribution in [0.15, 0.2) is 58.4 Å². The van der Waals surface area contributed by atoms with Gasteiger partial charge in [0.05, 0.1) is 10.6 Å². The Morgan fingerprint density at radius 1 is 1.27 bits per heavy atom. The fraction of sp³-hybridized carbons (Fsp3) is 0.0556. The van der Waals surface area contributed by atoms with Gasteiger partial charge >= 0.3 is 5.97 Å². The Morgan fingerprint density at radius 3 is 2.77 bits per heavy atom. The van der Waals surface area contributed by atoms with Crippen molar-refractivity contribution < 1.29 is 19.4 Å². The van der Waals surface area contributed by atoms with Crippen molar-refractivity contribution in [3.63, 3.8) is 0 Å². The lowest BCUT2D eigenvalue weighted by Crippen LogP contribution is -2.19. The van der Waals surface area contributed by atoms with Crippen LogP contribution in [-0.4, -0.2) is 28.8 Å². The molecule has 3 rings (SSSR count). The Kier molecular flexibility index (Phi) is 5.94. The van der Waals surface area contributed by atoms with Gasteiger partial charge in [0.2, 0.25) is 0 Å². The SMILES string of the molecule is O=C(O)COc1cccc(/C=C2/SC(=Nc3ccc(I)cc3)NC2=O)c1. The summed E-state index contributed by atoms with van der Waals surface area (Å²) in [6.45, 7) is -0.415.